The molecule has 0 aliphatic carbocycles. The maximum atomic E-state index is 14.8. The van der Waals surface area contributed by atoms with Gasteiger partial charge in [-0.15, -0.1) is 0 Å². The Bertz CT molecular complexity index is 2720. The van der Waals surface area contributed by atoms with Crippen LogP contribution in [-0.4, -0.2) is 202 Å². The molecule has 26 heteroatoms. The normalized spacial score (nSPS) is 16.8. The Morgan fingerprint density at radius 2 is 1.34 bits per heavy atom. The number of carbonyl (C=O) groups is 9. The second-order valence-corrected chi connectivity index (χ2v) is 27.2. The minimum absolute atomic E-state index is 0.0873. The van der Waals surface area contributed by atoms with E-state index in [0.717, 1.165) is 6.42 Å². The van der Waals surface area contributed by atoms with Gasteiger partial charge in [0.25, 0.3) is 0 Å². The van der Waals surface area contributed by atoms with Crippen molar-refractivity contribution < 1.29 is 71.9 Å². The van der Waals surface area contributed by atoms with Crippen molar-refractivity contribution in [3.63, 3.8) is 0 Å². The van der Waals surface area contributed by atoms with Crippen LogP contribution in [0.1, 0.15) is 152 Å². The molecule has 2 aromatic carbocycles. The number of primary amides is 1. The molecule has 1 saturated heterocycles. The third-order valence-corrected chi connectivity index (χ3v) is 17.4. The van der Waals surface area contributed by atoms with Crippen molar-refractivity contribution in [2.75, 3.05) is 79.7 Å². The van der Waals surface area contributed by atoms with Crippen LogP contribution in [0.4, 0.5) is 20.1 Å². The van der Waals surface area contributed by atoms with E-state index in [0.29, 0.717) is 62.4 Å². The van der Waals surface area contributed by atoms with Crippen LogP contribution in [0, 0.1) is 35.0 Å². The van der Waals surface area contributed by atoms with Crippen molar-refractivity contribution in [1.82, 2.24) is 46.6 Å². The van der Waals surface area contributed by atoms with E-state index in [4.69, 9.17) is 29.4 Å². The zero-order chi connectivity index (χ0) is 71.3. The van der Waals surface area contributed by atoms with Gasteiger partial charge >= 0.3 is 18.2 Å². The van der Waals surface area contributed by atoms with Crippen molar-refractivity contribution in [1.29, 1.82) is 0 Å². The molecule has 12 atom stereocenters. The average Bonchev–Trinajstić information content (AvgIpc) is 1.80. The minimum atomic E-state index is -1.10. The van der Waals surface area contributed by atoms with E-state index in [1.165, 1.54) is 26.2 Å². The number of methoxy groups -OCH3 is 2. The number of rotatable bonds is 40. The lowest BCUT2D eigenvalue weighted by atomic mass is 9.89. The fraction of sp³-hybridized carbons (Fsp3) is 0.696. The number of ether oxygens (including phenoxy) is 5. The molecule has 0 aromatic heterocycles. The van der Waals surface area contributed by atoms with Crippen molar-refractivity contribution in [2.45, 2.75) is 202 Å². The van der Waals surface area contributed by atoms with Crippen molar-refractivity contribution in [3.05, 3.63) is 65.7 Å². The third kappa shape index (κ3) is 27.1. The Kier molecular flexibility index (Phi) is 35.5. The van der Waals surface area contributed by atoms with Gasteiger partial charge < -0.3 is 81.5 Å². The Balaban J connectivity index is 1.66. The number of nitrogens with two attached hydrogens (primary N) is 1. The molecule has 1 aliphatic rings. The lowest BCUT2D eigenvalue weighted by Gasteiger charge is -2.41. The van der Waals surface area contributed by atoms with Gasteiger partial charge in [-0.25, -0.2) is 14.4 Å². The second kappa shape index (κ2) is 41.1. The van der Waals surface area contributed by atoms with Crippen LogP contribution in [0.2, 0.25) is 0 Å². The molecular formula is C69H115N11O15. The van der Waals surface area contributed by atoms with Gasteiger partial charge in [-0.05, 0) is 91.4 Å². The molecule has 0 bridgehead atoms. The van der Waals surface area contributed by atoms with Crippen LogP contribution in [0.3, 0.4) is 0 Å². The number of hydrogen-bond donors (Lipinski definition) is 9. The van der Waals surface area contributed by atoms with E-state index in [-0.39, 0.29) is 74.6 Å². The summed E-state index contributed by atoms with van der Waals surface area (Å²) in [4.78, 5) is 128. The van der Waals surface area contributed by atoms with Crippen molar-refractivity contribution in [2.24, 2.45) is 40.7 Å². The Morgan fingerprint density at radius 1 is 0.705 bits per heavy atom. The lowest BCUT2D eigenvalue weighted by molar-refractivity contribution is -0.148. The molecule has 11 amide bonds. The molecule has 3 rings (SSSR count). The van der Waals surface area contributed by atoms with Crippen LogP contribution < -0.4 is 43.0 Å². The number of anilines is 1. The Labute approximate surface area is 564 Å². The van der Waals surface area contributed by atoms with Gasteiger partial charge in [0, 0.05) is 60.2 Å². The fourth-order valence-electron chi connectivity index (χ4n) is 11.6. The van der Waals surface area contributed by atoms with Crippen LogP contribution in [-0.2, 0) is 59.1 Å². The number of nitrogens with zero attached hydrogens (tertiary/aromatic N) is 3. The largest absolute Gasteiger partial charge is 0.445 e. The number of likely N-dealkylation sites (tertiary alicyclic amines) is 1. The highest BCUT2D eigenvalue weighted by molar-refractivity contribution is 5.98. The predicted molar refractivity (Wildman–Crippen MR) is 363 cm³/mol. The summed E-state index contributed by atoms with van der Waals surface area (Å²) >= 11 is 0. The van der Waals surface area contributed by atoms with E-state index < -0.39 is 120 Å². The van der Waals surface area contributed by atoms with Crippen molar-refractivity contribution >= 4 is 59.3 Å². The summed E-state index contributed by atoms with van der Waals surface area (Å²) in [7, 11) is 6.10. The predicted octanol–water partition coefficient (Wildman–Crippen LogP) is 6.24. The summed E-state index contributed by atoms with van der Waals surface area (Å²) in [6.45, 7) is 26.7. The number of aliphatic hydroxyl groups is 1. The van der Waals surface area contributed by atoms with Gasteiger partial charge in [-0.3, -0.25) is 33.7 Å². The first-order valence-corrected chi connectivity index (χ1v) is 33.6. The molecule has 95 heavy (non-hydrogen) atoms. The summed E-state index contributed by atoms with van der Waals surface area (Å²) in [5.74, 6) is -4.83. The average molecular weight is 1340 g/mol. The van der Waals surface area contributed by atoms with E-state index in [1.807, 2.05) is 32.0 Å². The number of aliphatic hydroxyl groups excluding tert-OH is 1. The van der Waals surface area contributed by atoms with Crippen molar-refractivity contribution in [3.8, 4) is 0 Å². The summed E-state index contributed by atoms with van der Waals surface area (Å²) in [5.41, 5.74) is 6.97. The number of hydrogen-bond acceptors (Lipinski definition) is 15. The van der Waals surface area contributed by atoms with Gasteiger partial charge in [0.05, 0.1) is 68.6 Å². The highest BCUT2D eigenvalue weighted by Gasteiger charge is 2.44. The Hall–Kier alpha value is -7.13. The summed E-state index contributed by atoms with van der Waals surface area (Å²) in [6.07, 6.45) is -0.0974. The molecule has 0 radical (unpaired) electrons. The van der Waals surface area contributed by atoms with Gasteiger partial charge in [0.1, 0.15) is 30.8 Å². The van der Waals surface area contributed by atoms with Crippen LogP contribution >= 0.6 is 0 Å². The van der Waals surface area contributed by atoms with Gasteiger partial charge in [-0.2, -0.15) is 0 Å². The maximum absolute atomic E-state index is 14.8. The Morgan fingerprint density at radius 3 is 1.91 bits per heavy atom. The lowest BCUT2D eigenvalue weighted by Crippen LogP contribution is -2.60. The summed E-state index contributed by atoms with van der Waals surface area (Å²) in [6, 6.07) is 8.23. The molecule has 1 aliphatic heterocycles. The SMILES string of the molecule is CC[C@@H](C)[C@H]([C@H](CC(=O)N1CCC[C@@H]1[C@@H](OC)[C@H](C)C(=O)N[C@@H](C)C(O)c1ccccc1)OC)N(C)C(=O)[C@H](NC(=O)[C@@H](C(C)C)N(C)C(=O)OCc1ccc(NC(=O)[C@@H](CCCNC(N)=O)NC(=O)[C@H](NC(=O)NCCOCCOCCC(C)(C)C)C(C)C)cc1)C(C)C. The van der Waals surface area contributed by atoms with E-state index in [1.54, 1.807) is 109 Å². The topological polar surface area (TPSA) is 340 Å². The summed E-state index contributed by atoms with van der Waals surface area (Å²) < 4.78 is 28.9. The zero-order valence-corrected chi connectivity index (χ0v) is 59.5. The van der Waals surface area contributed by atoms with Crippen LogP contribution in [0.15, 0.2) is 54.6 Å². The highest BCUT2D eigenvalue weighted by atomic mass is 16.6. The number of likely N-dealkylation sites (N-methyl/N-ethyl adjacent to an activating group) is 2. The molecule has 2 aromatic rings. The molecule has 1 fully saturated rings. The zero-order valence-electron chi connectivity index (χ0n) is 59.5. The smallest absolute Gasteiger partial charge is 0.410 e. The quantitative estimate of drug-likeness (QED) is 0.0333. The molecule has 10 N–H and O–H groups in total. The first-order chi connectivity index (χ1) is 44.8. The van der Waals surface area contributed by atoms with Crippen LogP contribution in [0.5, 0.6) is 0 Å². The number of carbonyl (C=O) groups excluding carboxylic acids is 9. The van der Waals surface area contributed by atoms with Gasteiger partial charge in [-0.1, -0.05) is 132 Å². The number of urea groups is 2. The summed E-state index contributed by atoms with van der Waals surface area (Å²) in [5, 5.41) is 30.3. The van der Waals surface area contributed by atoms with Gasteiger partial charge in [0.2, 0.25) is 35.4 Å². The second-order valence-electron chi connectivity index (χ2n) is 27.2. The molecule has 0 spiro atoms. The molecule has 536 valence electrons. The van der Waals surface area contributed by atoms with Gasteiger partial charge in [0.15, 0.2) is 0 Å². The minimum Gasteiger partial charge on any atom is -0.445 e. The van der Waals surface area contributed by atoms with E-state index in [2.05, 4.69) is 58.0 Å². The monoisotopic (exact) mass is 1340 g/mol. The number of nitrogens with one attached hydrogen (secondary N) is 7. The van der Waals surface area contributed by atoms with E-state index >= 15 is 0 Å². The fourth-order valence-corrected chi connectivity index (χ4v) is 11.6. The molecule has 1 heterocycles. The molecule has 26 nitrogen and oxygen atoms in total. The standard InChI is InChI=1S/C69H115N11O15/c1-18-45(8)58(53(91-16)40-54(81)80-35-23-27-52(80)60(92-17)46(9)61(83)73-47(10)59(82)49-24-20-19-21-25-49)78(14)65(87)56(43(4)5)76-64(86)57(44(6)7)79(15)68(90)95-41-48-28-30-50(31-29-48)74-62(84)51(26-22-33-71-66(70)88)75-63(85)55(42(2)3)77-67(89)72-34-37-94-39-38-93-36-32-69(11,12)13/h19-21,24-25,28-31,42-47,51-53,55-60,82H,18,22-23,26-27,32-41H2,1-17H3,(H,73,83)(H,74,84)(H,75,85)(H,76,86)(H3,70,71,88)(H2,72,77,89)/t45-,46+,47+,51-,52-,53+,55-,56-,57-,58-,59?,60+/m1/s1. The molecule has 1 unspecified atom stereocenters. The van der Waals surface area contributed by atoms with E-state index in [9.17, 15) is 48.3 Å². The number of amides is 11. The maximum Gasteiger partial charge on any atom is 0.410 e. The number of benzene rings is 2. The molecule has 0 saturated carbocycles. The third-order valence-electron chi connectivity index (χ3n) is 17.4. The molecular weight excluding hydrogens is 1220 g/mol. The first-order valence-electron chi connectivity index (χ1n) is 33.6. The highest BCUT2D eigenvalue weighted by Crippen LogP contribution is 2.31. The first kappa shape index (κ1) is 82.1. The van der Waals surface area contributed by atoms with Crippen LogP contribution in [0.25, 0.3) is 0 Å².